The first-order valence-electron chi connectivity index (χ1n) is 5.04. The van der Waals surface area contributed by atoms with Crippen molar-refractivity contribution in [2.75, 3.05) is 0 Å². The summed E-state index contributed by atoms with van der Waals surface area (Å²) in [4.78, 5) is 3.91. The lowest BCUT2D eigenvalue weighted by Crippen LogP contribution is -2.31. The molecule has 2 unspecified atom stereocenters. The van der Waals surface area contributed by atoms with E-state index in [1.165, 1.54) is 0 Å². The molecule has 1 aromatic heterocycles. The molecule has 1 fully saturated rings. The Morgan fingerprint density at radius 1 is 1.25 bits per heavy atom. The molecule has 0 spiro atoms. The van der Waals surface area contributed by atoms with Gasteiger partial charge in [-0.15, -0.1) is 0 Å². The molecule has 16 heavy (non-hydrogen) atoms. The zero-order valence-electron chi connectivity index (χ0n) is 8.30. The maximum atomic E-state index is 12.8. The Morgan fingerprint density at radius 3 is 2.50 bits per heavy atom. The number of hydrogen-bond acceptors (Lipinski definition) is 3. The van der Waals surface area contributed by atoms with Gasteiger partial charge in [-0.2, -0.15) is 18.2 Å². The number of nitrogens with zero attached hydrogens (tertiary/aromatic N) is 2. The fourth-order valence-corrected chi connectivity index (χ4v) is 2.52. The largest absolute Gasteiger partial charge is 0.392 e. The van der Waals surface area contributed by atoms with Crippen LogP contribution in [0.5, 0.6) is 0 Å². The lowest BCUT2D eigenvalue weighted by Gasteiger charge is -2.30. The Bertz CT molecular complexity index is 366. The fourth-order valence-electron chi connectivity index (χ4n) is 2.19. The molecule has 2 rings (SSSR count). The first-order valence-corrected chi connectivity index (χ1v) is 6.12. The highest BCUT2D eigenvalue weighted by Crippen LogP contribution is 2.45. The summed E-state index contributed by atoms with van der Waals surface area (Å²) in [7, 11) is 0. The Kier molecular flexibility index (Phi) is 3.41. The number of rotatable bonds is 1. The van der Waals surface area contributed by atoms with Gasteiger partial charge in [0.05, 0.1) is 5.92 Å². The van der Waals surface area contributed by atoms with Crippen molar-refractivity contribution in [3.05, 3.63) is 9.72 Å². The van der Waals surface area contributed by atoms with E-state index in [1.807, 2.05) is 22.6 Å². The van der Waals surface area contributed by atoms with Crippen LogP contribution in [0, 0.1) is 9.75 Å². The normalized spacial score (nSPS) is 27.0. The van der Waals surface area contributed by atoms with Gasteiger partial charge < -0.3 is 4.52 Å². The van der Waals surface area contributed by atoms with Gasteiger partial charge in [0, 0.05) is 28.5 Å². The minimum atomic E-state index is -4.18. The highest BCUT2D eigenvalue weighted by molar-refractivity contribution is 14.1. The molecule has 1 aliphatic carbocycles. The summed E-state index contributed by atoms with van der Waals surface area (Å²) in [6.45, 7) is 0. The molecular weight excluding hydrogens is 336 g/mol. The van der Waals surface area contributed by atoms with E-state index in [0.717, 1.165) is 6.42 Å². The van der Waals surface area contributed by atoms with E-state index in [-0.39, 0.29) is 12.3 Å². The van der Waals surface area contributed by atoms with Crippen LogP contribution < -0.4 is 0 Å². The fraction of sp³-hybridized carbons (Fsp3) is 0.778. The molecule has 0 bridgehead atoms. The van der Waals surface area contributed by atoms with E-state index in [1.54, 1.807) is 0 Å². The second-order valence-corrected chi connectivity index (χ2v) is 4.91. The third-order valence-corrected chi connectivity index (χ3v) is 3.36. The third-order valence-electron chi connectivity index (χ3n) is 2.92. The van der Waals surface area contributed by atoms with E-state index in [4.69, 9.17) is 4.52 Å². The van der Waals surface area contributed by atoms with E-state index in [0.29, 0.717) is 16.7 Å². The summed E-state index contributed by atoms with van der Waals surface area (Å²) < 4.78 is 43.6. The molecule has 1 aliphatic rings. The molecule has 0 amide bonds. The number of aromatic nitrogens is 2. The smallest absolute Gasteiger partial charge is 0.338 e. The first-order chi connectivity index (χ1) is 7.48. The molecule has 1 saturated carbocycles. The average molecular weight is 346 g/mol. The summed E-state index contributed by atoms with van der Waals surface area (Å²) >= 11 is 1.83. The van der Waals surface area contributed by atoms with Gasteiger partial charge in [-0.05, 0) is 12.8 Å². The Morgan fingerprint density at radius 2 is 1.94 bits per heavy atom. The molecule has 0 aromatic carbocycles. The maximum Gasteiger partial charge on any atom is 0.392 e. The predicted octanol–water partition coefficient (Wildman–Crippen LogP) is 3.51. The summed E-state index contributed by atoms with van der Waals surface area (Å²) in [5.41, 5.74) is 0. The van der Waals surface area contributed by atoms with Crippen LogP contribution in [-0.2, 0) is 0 Å². The van der Waals surface area contributed by atoms with Gasteiger partial charge in [0.15, 0.2) is 0 Å². The molecule has 1 aromatic rings. The van der Waals surface area contributed by atoms with Crippen LogP contribution in [0.15, 0.2) is 4.52 Å². The van der Waals surface area contributed by atoms with Gasteiger partial charge >= 0.3 is 6.18 Å². The quantitative estimate of drug-likeness (QED) is 0.731. The molecule has 0 saturated heterocycles. The first kappa shape index (κ1) is 12.1. The number of halogens is 4. The van der Waals surface area contributed by atoms with Gasteiger partial charge in [0.25, 0.3) is 0 Å². The van der Waals surface area contributed by atoms with Crippen LogP contribution in [0.1, 0.15) is 37.5 Å². The Hall–Kier alpha value is -0.340. The van der Waals surface area contributed by atoms with Crippen LogP contribution in [-0.4, -0.2) is 16.3 Å². The van der Waals surface area contributed by atoms with Gasteiger partial charge in [-0.1, -0.05) is 18.0 Å². The van der Waals surface area contributed by atoms with Crippen molar-refractivity contribution in [3.63, 3.8) is 0 Å². The molecule has 3 nitrogen and oxygen atoms in total. The lowest BCUT2D eigenvalue weighted by molar-refractivity contribution is -0.189. The van der Waals surface area contributed by atoms with Crippen molar-refractivity contribution in [1.82, 2.24) is 10.1 Å². The predicted molar refractivity (Wildman–Crippen MR) is 57.8 cm³/mol. The molecular formula is C9H10F3IN2O. The van der Waals surface area contributed by atoms with Gasteiger partial charge in [-0.25, -0.2) is 0 Å². The van der Waals surface area contributed by atoms with E-state index in [9.17, 15) is 13.2 Å². The second-order valence-electron chi connectivity index (χ2n) is 3.94. The van der Waals surface area contributed by atoms with Crippen molar-refractivity contribution in [2.24, 2.45) is 5.92 Å². The highest BCUT2D eigenvalue weighted by atomic mass is 127. The highest BCUT2D eigenvalue weighted by Gasteiger charge is 2.47. The Balaban J connectivity index is 2.23. The monoisotopic (exact) mass is 346 g/mol. The van der Waals surface area contributed by atoms with Crippen molar-refractivity contribution >= 4 is 22.6 Å². The molecule has 7 heteroatoms. The molecule has 0 aliphatic heterocycles. The zero-order chi connectivity index (χ0) is 11.8. The molecule has 90 valence electrons. The van der Waals surface area contributed by atoms with Crippen molar-refractivity contribution < 1.29 is 17.7 Å². The summed E-state index contributed by atoms with van der Waals surface area (Å²) in [5.74, 6) is -1.87. The van der Waals surface area contributed by atoms with E-state index < -0.39 is 18.0 Å². The van der Waals surface area contributed by atoms with Crippen LogP contribution in [0.25, 0.3) is 0 Å². The SMILES string of the molecule is FC(F)(F)C1CCCCC1c1nc(I)no1. The number of alkyl halides is 3. The molecule has 0 radical (unpaired) electrons. The van der Waals surface area contributed by atoms with Crippen LogP contribution in [0.2, 0.25) is 0 Å². The van der Waals surface area contributed by atoms with Gasteiger partial charge in [0.1, 0.15) is 0 Å². The summed E-state index contributed by atoms with van der Waals surface area (Å²) in [6, 6.07) is 0. The van der Waals surface area contributed by atoms with Crippen LogP contribution >= 0.6 is 22.6 Å². The second kappa shape index (κ2) is 4.50. The lowest BCUT2D eigenvalue weighted by atomic mass is 9.78. The molecule has 0 N–H and O–H groups in total. The van der Waals surface area contributed by atoms with E-state index in [2.05, 4.69) is 10.1 Å². The summed E-state index contributed by atoms with van der Waals surface area (Å²) in [5, 5.41) is 3.54. The van der Waals surface area contributed by atoms with Crippen molar-refractivity contribution in [1.29, 1.82) is 0 Å². The van der Waals surface area contributed by atoms with Crippen molar-refractivity contribution in [3.8, 4) is 0 Å². The number of hydrogen-bond donors (Lipinski definition) is 0. The van der Waals surface area contributed by atoms with Crippen LogP contribution in [0.4, 0.5) is 13.2 Å². The third kappa shape index (κ3) is 2.49. The molecule has 2 atom stereocenters. The minimum absolute atomic E-state index is 0.131. The minimum Gasteiger partial charge on any atom is -0.338 e. The standard InChI is InChI=1S/C9H10F3IN2O/c10-9(11,12)6-4-2-1-3-5(6)7-14-8(13)15-16-7/h5-6H,1-4H2. The average Bonchev–Trinajstić information content (AvgIpc) is 2.64. The van der Waals surface area contributed by atoms with Gasteiger partial charge in [0.2, 0.25) is 9.72 Å². The maximum absolute atomic E-state index is 12.8. The van der Waals surface area contributed by atoms with Crippen LogP contribution in [0.3, 0.4) is 0 Å². The van der Waals surface area contributed by atoms with E-state index >= 15 is 0 Å². The zero-order valence-corrected chi connectivity index (χ0v) is 10.5. The van der Waals surface area contributed by atoms with Crippen molar-refractivity contribution in [2.45, 2.75) is 37.8 Å². The van der Waals surface area contributed by atoms with Gasteiger partial charge in [-0.3, -0.25) is 0 Å². The summed E-state index contributed by atoms with van der Waals surface area (Å²) in [6.07, 6.45) is -2.14. The molecule has 1 heterocycles. The topological polar surface area (TPSA) is 38.9 Å². The Labute approximate surface area is 104 Å².